The first kappa shape index (κ1) is 13.1. The fraction of sp³-hybridized carbons (Fsp3) is 0.0909. The third-order valence-electron chi connectivity index (χ3n) is 1.89. The van der Waals surface area contributed by atoms with Crippen molar-refractivity contribution in [3.05, 3.63) is 50.9 Å². The van der Waals surface area contributed by atoms with E-state index in [9.17, 15) is 0 Å². The molecule has 0 aliphatic carbocycles. The minimum Gasteiger partial charge on any atom is -0.220 e. The molecule has 0 saturated carbocycles. The third kappa shape index (κ3) is 4.14. The van der Waals surface area contributed by atoms with Crippen LogP contribution in [0.3, 0.4) is 0 Å². The lowest BCUT2D eigenvalue weighted by Crippen LogP contribution is -1.93. The fourth-order valence-corrected chi connectivity index (χ4v) is 2.65. The van der Waals surface area contributed by atoms with Crippen LogP contribution in [0.1, 0.15) is 5.82 Å². The van der Waals surface area contributed by atoms with Crippen molar-refractivity contribution in [2.75, 3.05) is 0 Å². The molecule has 0 amide bonds. The smallest absolute Gasteiger partial charge is 0.142 e. The second-order valence-electron chi connectivity index (χ2n) is 3.17. The summed E-state index contributed by atoms with van der Waals surface area (Å²) in [7, 11) is 0. The number of hydrogen-bond donors (Lipinski definition) is 0. The van der Waals surface area contributed by atoms with E-state index >= 15 is 0 Å². The molecule has 0 bridgehead atoms. The van der Waals surface area contributed by atoms with Crippen LogP contribution in [0.4, 0.5) is 0 Å². The molecule has 0 unspecified atom stereocenters. The van der Waals surface area contributed by atoms with Crippen molar-refractivity contribution in [2.45, 2.75) is 10.6 Å². The lowest BCUT2D eigenvalue weighted by Gasteiger charge is -2.02. The lowest BCUT2D eigenvalue weighted by atomic mass is 10.4. The molecule has 88 valence electrons. The third-order valence-corrected chi connectivity index (χ3v) is 3.82. The summed E-state index contributed by atoms with van der Waals surface area (Å²) < 4.78 is 1.06. The Bertz CT molecular complexity index is 499. The van der Waals surface area contributed by atoms with E-state index < -0.39 is 0 Å². The first-order valence-electron chi connectivity index (χ1n) is 4.71. The zero-order valence-electron chi connectivity index (χ0n) is 8.53. The van der Waals surface area contributed by atoms with Gasteiger partial charge in [-0.15, -0.1) is 11.8 Å². The normalized spacial score (nSPS) is 10.5. The first-order chi connectivity index (χ1) is 8.13. The van der Waals surface area contributed by atoms with Gasteiger partial charge < -0.3 is 0 Å². The van der Waals surface area contributed by atoms with Gasteiger partial charge in [-0.25, -0.2) is 9.97 Å². The number of benzene rings is 1. The minimum absolute atomic E-state index is 0.372. The zero-order valence-corrected chi connectivity index (χ0v) is 12.4. The van der Waals surface area contributed by atoms with E-state index in [1.807, 2.05) is 24.3 Å². The maximum atomic E-state index is 5.80. The lowest BCUT2D eigenvalue weighted by molar-refractivity contribution is 1.03. The van der Waals surface area contributed by atoms with Gasteiger partial charge >= 0.3 is 0 Å². The summed E-state index contributed by atoms with van der Waals surface area (Å²) in [6, 6.07) is 9.57. The van der Waals surface area contributed by atoms with Crippen LogP contribution in [-0.2, 0) is 5.75 Å². The van der Waals surface area contributed by atoms with Gasteiger partial charge in [0.2, 0.25) is 0 Å². The van der Waals surface area contributed by atoms with Crippen LogP contribution in [0, 0.1) is 0 Å². The molecule has 0 fully saturated rings. The summed E-state index contributed by atoms with van der Waals surface area (Å²) in [6.07, 6.45) is 0. The second-order valence-corrected chi connectivity index (χ2v) is 5.91. The quantitative estimate of drug-likeness (QED) is 0.585. The van der Waals surface area contributed by atoms with Crippen molar-refractivity contribution >= 4 is 50.9 Å². The Labute approximate surface area is 122 Å². The molecular weight excluding hydrogens is 343 g/mol. The highest BCUT2D eigenvalue weighted by Crippen LogP contribution is 2.24. The maximum absolute atomic E-state index is 5.80. The summed E-state index contributed by atoms with van der Waals surface area (Å²) in [5, 5.41) is 0.743. The average molecular weight is 350 g/mol. The predicted molar refractivity (Wildman–Crippen MR) is 75.8 cm³/mol. The van der Waals surface area contributed by atoms with Crippen molar-refractivity contribution in [1.29, 1.82) is 0 Å². The van der Waals surface area contributed by atoms with E-state index in [0.29, 0.717) is 21.9 Å². The zero-order chi connectivity index (χ0) is 12.3. The fourth-order valence-electron chi connectivity index (χ4n) is 1.18. The highest BCUT2D eigenvalue weighted by atomic mass is 79.9. The molecule has 2 nitrogen and oxygen atoms in total. The van der Waals surface area contributed by atoms with Crippen molar-refractivity contribution in [3.8, 4) is 0 Å². The predicted octanol–water partition coefficient (Wildman–Crippen LogP) is 4.84. The van der Waals surface area contributed by atoms with E-state index in [-0.39, 0.29) is 0 Å². The molecule has 0 radical (unpaired) electrons. The topological polar surface area (TPSA) is 25.8 Å². The number of halogens is 3. The van der Waals surface area contributed by atoms with Crippen LogP contribution in [-0.4, -0.2) is 9.97 Å². The molecular formula is C11H7BrCl2N2S. The molecule has 0 spiro atoms. The van der Waals surface area contributed by atoms with Gasteiger partial charge in [0.25, 0.3) is 0 Å². The van der Waals surface area contributed by atoms with Gasteiger partial charge in [0.15, 0.2) is 0 Å². The Balaban J connectivity index is 2.04. The largest absolute Gasteiger partial charge is 0.220 e. The molecule has 17 heavy (non-hydrogen) atoms. The molecule has 0 atom stereocenters. The van der Waals surface area contributed by atoms with E-state index in [1.165, 1.54) is 6.07 Å². The van der Waals surface area contributed by atoms with Gasteiger partial charge in [-0.2, -0.15) is 0 Å². The molecule has 0 saturated heterocycles. The van der Waals surface area contributed by atoms with E-state index in [1.54, 1.807) is 11.8 Å². The number of thioether (sulfide) groups is 1. The van der Waals surface area contributed by atoms with Gasteiger partial charge in [0.1, 0.15) is 16.1 Å². The summed E-state index contributed by atoms with van der Waals surface area (Å²) in [5.41, 5.74) is 0. The molecule has 1 aromatic heterocycles. The van der Waals surface area contributed by atoms with Gasteiger partial charge in [-0.1, -0.05) is 39.1 Å². The van der Waals surface area contributed by atoms with Gasteiger partial charge in [0, 0.05) is 15.4 Å². The summed E-state index contributed by atoms with van der Waals surface area (Å²) >= 11 is 16.6. The van der Waals surface area contributed by atoms with Crippen LogP contribution >= 0.6 is 50.9 Å². The van der Waals surface area contributed by atoms with Gasteiger partial charge in [0.05, 0.1) is 5.75 Å². The van der Waals surface area contributed by atoms with Crippen molar-refractivity contribution in [1.82, 2.24) is 9.97 Å². The molecule has 6 heteroatoms. The Kier molecular flexibility index (Phi) is 4.68. The Hall–Kier alpha value is -0.290. The van der Waals surface area contributed by atoms with Crippen LogP contribution in [0.2, 0.25) is 10.3 Å². The van der Waals surface area contributed by atoms with Crippen LogP contribution in [0.5, 0.6) is 0 Å². The Morgan fingerprint density at radius 3 is 2.24 bits per heavy atom. The molecule has 0 aliphatic rings. The van der Waals surface area contributed by atoms with Crippen LogP contribution in [0.15, 0.2) is 39.7 Å². The maximum Gasteiger partial charge on any atom is 0.142 e. The second kappa shape index (κ2) is 6.05. The summed E-state index contributed by atoms with van der Waals surface area (Å²) in [4.78, 5) is 9.36. The van der Waals surface area contributed by atoms with Crippen molar-refractivity contribution in [2.24, 2.45) is 0 Å². The van der Waals surface area contributed by atoms with Crippen LogP contribution < -0.4 is 0 Å². The average Bonchev–Trinajstić information content (AvgIpc) is 2.27. The SMILES string of the molecule is Clc1cc(Cl)nc(CSc2ccc(Br)cc2)n1. The number of aromatic nitrogens is 2. The van der Waals surface area contributed by atoms with E-state index in [4.69, 9.17) is 23.2 Å². The Morgan fingerprint density at radius 2 is 1.65 bits per heavy atom. The molecule has 2 aromatic rings. The molecule has 1 aromatic carbocycles. The Morgan fingerprint density at radius 1 is 1.06 bits per heavy atom. The number of hydrogen-bond acceptors (Lipinski definition) is 3. The van der Waals surface area contributed by atoms with Crippen molar-refractivity contribution in [3.63, 3.8) is 0 Å². The molecule has 1 heterocycles. The highest BCUT2D eigenvalue weighted by Gasteiger charge is 2.03. The molecule has 2 rings (SSSR count). The van der Waals surface area contributed by atoms with Gasteiger partial charge in [-0.3, -0.25) is 0 Å². The van der Waals surface area contributed by atoms with Gasteiger partial charge in [-0.05, 0) is 24.3 Å². The van der Waals surface area contributed by atoms with Crippen LogP contribution in [0.25, 0.3) is 0 Å². The number of nitrogens with zero attached hydrogens (tertiary/aromatic N) is 2. The minimum atomic E-state index is 0.372. The highest BCUT2D eigenvalue weighted by molar-refractivity contribution is 9.10. The van der Waals surface area contributed by atoms with E-state index in [2.05, 4.69) is 25.9 Å². The summed E-state index contributed by atoms with van der Waals surface area (Å²) in [5.74, 6) is 1.28. The standard InChI is InChI=1S/C11H7BrCl2N2S/c12-7-1-3-8(4-2-7)17-6-11-15-9(13)5-10(14)16-11/h1-5H,6H2. The summed E-state index contributed by atoms with van der Waals surface area (Å²) in [6.45, 7) is 0. The number of rotatable bonds is 3. The van der Waals surface area contributed by atoms with Crippen molar-refractivity contribution < 1.29 is 0 Å². The molecule has 0 N–H and O–H groups in total. The first-order valence-corrected chi connectivity index (χ1v) is 7.24. The van der Waals surface area contributed by atoms with E-state index in [0.717, 1.165) is 9.37 Å². The monoisotopic (exact) mass is 348 g/mol. The molecule has 0 aliphatic heterocycles.